The van der Waals surface area contributed by atoms with Crippen LogP contribution in [0.5, 0.6) is 0 Å². The third kappa shape index (κ3) is 2.68. The summed E-state index contributed by atoms with van der Waals surface area (Å²) >= 11 is 0. The lowest BCUT2D eigenvalue weighted by molar-refractivity contribution is -0.134. The van der Waals surface area contributed by atoms with E-state index < -0.39 is 0 Å². The molecule has 20 heavy (non-hydrogen) atoms. The molecule has 0 bridgehead atoms. The van der Waals surface area contributed by atoms with Gasteiger partial charge in [0.1, 0.15) is 6.61 Å². The van der Waals surface area contributed by atoms with Gasteiger partial charge in [-0.25, -0.2) is 0 Å². The highest BCUT2D eigenvalue weighted by atomic mass is 16.5. The summed E-state index contributed by atoms with van der Waals surface area (Å²) in [4.78, 5) is 22.4. The average molecular weight is 275 g/mol. The van der Waals surface area contributed by atoms with Crippen molar-refractivity contribution < 1.29 is 9.53 Å². The highest BCUT2D eigenvalue weighted by molar-refractivity contribution is 5.77. The van der Waals surface area contributed by atoms with Gasteiger partial charge in [-0.15, -0.1) is 0 Å². The lowest BCUT2D eigenvalue weighted by atomic mass is 9.89. The van der Waals surface area contributed by atoms with Crippen LogP contribution in [-0.2, 0) is 16.0 Å². The van der Waals surface area contributed by atoms with E-state index in [4.69, 9.17) is 4.74 Å². The van der Waals surface area contributed by atoms with Crippen molar-refractivity contribution in [3.63, 3.8) is 0 Å². The summed E-state index contributed by atoms with van der Waals surface area (Å²) in [5.74, 6) is 2.05. The van der Waals surface area contributed by atoms with Crippen LogP contribution in [0.25, 0.3) is 0 Å². The first-order valence-corrected chi connectivity index (χ1v) is 7.29. The summed E-state index contributed by atoms with van der Waals surface area (Å²) < 4.78 is 4.95. The Labute approximate surface area is 119 Å². The number of carbonyl (C=O) groups excluding carboxylic acids is 1. The summed E-state index contributed by atoms with van der Waals surface area (Å²) in [5.41, 5.74) is 1.07. The molecule has 1 aliphatic heterocycles. The Morgan fingerprint density at radius 3 is 3.05 bits per heavy atom. The average Bonchev–Trinajstić information content (AvgIpc) is 3.02. The van der Waals surface area contributed by atoms with Gasteiger partial charge >= 0.3 is 0 Å². The third-order valence-corrected chi connectivity index (χ3v) is 4.71. The van der Waals surface area contributed by atoms with Crippen molar-refractivity contribution in [3.05, 3.63) is 24.3 Å². The van der Waals surface area contributed by atoms with Crippen molar-refractivity contribution in [2.75, 3.05) is 26.8 Å². The molecular weight excluding hydrogens is 254 g/mol. The molecule has 1 aromatic rings. The maximum Gasteiger partial charge on any atom is 0.248 e. The maximum absolute atomic E-state index is 11.9. The largest absolute Gasteiger partial charge is 0.375 e. The van der Waals surface area contributed by atoms with Crippen LogP contribution in [-0.4, -0.2) is 47.6 Å². The molecule has 0 spiro atoms. The number of likely N-dealkylation sites (tertiary alicyclic amines) is 1. The summed E-state index contributed by atoms with van der Waals surface area (Å²) in [6, 6.07) is 0. The van der Waals surface area contributed by atoms with Gasteiger partial charge < -0.3 is 9.64 Å². The van der Waals surface area contributed by atoms with E-state index in [1.54, 1.807) is 19.5 Å². The van der Waals surface area contributed by atoms with Gasteiger partial charge in [0.2, 0.25) is 5.91 Å². The molecule has 1 amide bonds. The first kappa shape index (κ1) is 13.5. The molecule has 0 N–H and O–H groups in total. The Balaban J connectivity index is 1.61. The van der Waals surface area contributed by atoms with Crippen LogP contribution in [0, 0.1) is 17.8 Å². The number of hydrogen-bond acceptors (Lipinski definition) is 4. The van der Waals surface area contributed by atoms with Crippen LogP contribution in [0.15, 0.2) is 18.6 Å². The molecule has 2 fully saturated rings. The minimum Gasteiger partial charge on any atom is -0.375 e. The minimum absolute atomic E-state index is 0.125. The van der Waals surface area contributed by atoms with Gasteiger partial charge in [0, 0.05) is 38.8 Å². The number of nitrogens with zero attached hydrogens (tertiary/aromatic N) is 3. The molecule has 1 saturated heterocycles. The minimum atomic E-state index is 0.125. The number of hydrogen-bond donors (Lipinski definition) is 0. The number of amides is 1. The lowest BCUT2D eigenvalue weighted by Gasteiger charge is -2.20. The van der Waals surface area contributed by atoms with Crippen molar-refractivity contribution in [1.82, 2.24) is 14.9 Å². The van der Waals surface area contributed by atoms with Gasteiger partial charge in [0.25, 0.3) is 0 Å². The summed E-state index contributed by atoms with van der Waals surface area (Å²) in [6.07, 6.45) is 8.79. The first-order chi connectivity index (χ1) is 9.78. The van der Waals surface area contributed by atoms with Gasteiger partial charge in [-0.05, 0) is 37.0 Å². The van der Waals surface area contributed by atoms with Gasteiger partial charge in [-0.2, -0.15) is 0 Å². The van der Waals surface area contributed by atoms with Crippen LogP contribution in [0.1, 0.15) is 18.5 Å². The van der Waals surface area contributed by atoms with Crippen molar-refractivity contribution in [2.24, 2.45) is 17.8 Å². The maximum atomic E-state index is 11.9. The standard InChI is InChI=1S/C15H21N3O2/c1-20-10-15(19)18-8-12-3-2-11(14(12)9-18)6-13-7-16-4-5-17-13/h4-5,7,11-12,14H,2-3,6,8-10H2,1H3/t11-,12-,14-/m1/s1. The van der Waals surface area contributed by atoms with E-state index in [0.717, 1.165) is 25.2 Å². The molecule has 0 aromatic carbocycles. The fourth-order valence-corrected chi connectivity index (χ4v) is 3.75. The second-order valence-electron chi connectivity index (χ2n) is 5.89. The topological polar surface area (TPSA) is 55.3 Å². The molecule has 2 heterocycles. The summed E-state index contributed by atoms with van der Waals surface area (Å²) in [6.45, 7) is 2.00. The molecule has 1 aliphatic carbocycles. The highest BCUT2D eigenvalue weighted by Gasteiger charge is 2.43. The number of aromatic nitrogens is 2. The van der Waals surface area contributed by atoms with E-state index in [2.05, 4.69) is 9.97 Å². The Hall–Kier alpha value is -1.49. The van der Waals surface area contributed by atoms with Crippen molar-refractivity contribution in [2.45, 2.75) is 19.3 Å². The molecule has 1 saturated carbocycles. The summed E-state index contributed by atoms with van der Waals surface area (Å²) in [5, 5.41) is 0. The predicted molar refractivity (Wildman–Crippen MR) is 73.9 cm³/mol. The zero-order valence-electron chi connectivity index (χ0n) is 11.9. The van der Waals surface area contributed by atoms with Crippen molar-refractivity contribution in [1.29, 1.82) is 0 Å². The molecule has 0 radical (unpaired) electrons. The zero-order valence-corrected chi connectivity index (χ0v) is 11.9. The van der Waals surface area contributed by atoms with E-state index in [1.165, 1.54) is 12.8 Å². The molecule has 2 aliphatic rings. The van der Waals surface area contributed by atoms with Gasteiger partial charge in [-0.1, -0.05) is 0 Å². The SMILES string of the molecule is COCC(=O)N1C[C@H]2CC[C@H](Cc3cnccn3)[C@H]2C1. The Bertz CT molecular complexity index is 465. The number of carbonyl (C=O) groups is 1. The zero-order chi connectivity index (χ0) is 13.9. The molecule has 5 nitrogen and oxygen atoms in total. The van der Waals surface area contributed by atoms with Crippen LogP contribution in [0.2, 0.25) is 0 Å². The number of fused-ring (bicyclic) bond motifs is 1. The van der Waals surface area contributed by atoms with Crippen molar-refractivity contribution in [3.8, 4) is 0 Å². The molecule has 5 heteroatoms. The van der Waals surface area contributed by atoms with E-state index in [1.807, 2.05) is 11.1 Å². The van der Waals surface area contributed by atoms with Gasteiger partial charge in [0.15, 0.2) is 0 Å². The van der Waals surface area contributed by atoms with Crippen molar-refractivity contribution >= 4 is 5.91 Å². The normalized spacial score (nSPS) is 28.6. The second kappa shape index (κ2) is 5.87. The van der Waals surface area contributed by atoms with E-state index in [9.17, 15) is 4.79 Å². The Morgan fingerprint density at radius 2 is 2.30 bits per heavy atom. The monoisotopic (exact) mass is 275 g/mol. The highest BCUT2D eigenvalue weighted by Crippen LogP contribution is 2.43. The fraction of sp³-hybridized carbons (Fsp3) is 0.667. The van der Waals surface area contributed by atoms with Gasteiger partial charge in [-0.3, -0.25) is 14.8 Å². The lowest BCUT2D eigenvalue weighted by Crippen LogP contribution is -2.33. The third-order valence-electron chi connectivity index (χ3n) is 4.71. The summed E-state index contributed by atoms with van der Waals surface area (Å²) in [7, 11) is 1.58. The van der Waals surface area contributed by atoms with Crippen LogP contribution >= 0.6 is 0 Å². The Kier molecular flexibility index (Phi) is 3.96. The fourth-order valence-electron chi connectivity index (χ4n) is 3.75. The quantitative estimate of drug-likeness (QED) is 0.827. The number of methoxy groups -OCH3 is 1. The van der Waals surface area contributed by atoms with Crippen LogP contribution in [0.4, 0.5) is 0 Å². The van der Waals surface area contributed by atoms with Crippen LogP contribution < -0.4 is 0 Å². The second-order valence-corrected chi connectivity index (χ2v) is 5.89. The molecule has 108 valence electrons. The predicted octanol–water partition coefficient (Wildman–Crippen LogP) is 1.15. The smallest absolute Gasteiger partial charge is 0.248 e. The van der Waals surface area contributed by atoms with E-state index >= 15 is 0 Å². The molecule has 3 atom stereocenters. The van der Waals surface area contributed by atoms with Crippen LogP contribution in [0.3, 0.4) is 0 Å². The number of rotatable bonds is 4. The Morgan fingerprint density at radius 1 is 1.40 bits per heavy atom. The molecular formula is C15H21N3O2. The first-order valence-electron chi connectivity index (χ1n) is 7.29. The van der Waals surface area contributed by atoms with Gasteiger partial charge in [0.05, 0.1) is 5.69 Å². The molecule has 0 unspecified atom stereocenters. The molecule has 3 rings (SSSR count). The molecule has 1 aromatic heterocycles. The van der Waals surface area contributed by atoms with E-state index in [-0.39, 0.29) is 12.5 Å². The number of ether oxygens (including phenoxy) is 1. The van der Waals surface area contributed by atoms with E-state index in [0.29, 0.717) is 17.8 Å².